The zero-order valence-electron chi connectivity index (χ0n) is 14.7. The SMILES string of the molecule is CCCCCC(=O)CC[C@H]1C=CC(=O)[C@@H]1C/C=C/CCCC(=O)O. The van der Waals surface area contributed by atoms with Gasteiger partial charge in [-0.15, -0.1) is 0 Å². The Bertz CT molecular complexity index is 476. The van der Waals surface area contributed by atoms with E-state index in [1.54, 1.807) is 6.08 Å². The number of carbonyl (C=O) groups is 3. The third-order valence-corrected chi connectivity index (χ3v) is 4.52. The topological polar surface area (TPSA) is 71.4 Å². The Morgan fingerprint density at radius 1 is 1.12 bits per heavy atom. The molecule has 0 aromatic rings. The van der Waals surface area contributed by atoms with Gasteiger partial charge in [0.25, 0.3) is 0 Å². The van der Waals surface area contributed by atoms with Crippen molar-refractivity contribution in [1.82, 2.24) is 0 Å². The molecule has 0 amide bonds. The minimum absolute atomic E-state index is 0.0517. The van der Waals surface area contributed by atoms with Crippen molar-refractivity contribution in [3.8, 4) is 0 Å². The summed E-state index contributed by atoms with van der Waals surface area (Å²) in [4.78, 5) is 34.3. The molecule has 0 radical (unpaired) electrons. The Hall–Kier alpha value is -1.71. The second-order valence-corrected chi connectivity index (χ2v) is 6.56. The second kappa shape index (κ2) is 11.8. The van der Waals surface area contributed by atoms with E-state index in [4.69, 9.17) is 5.11 Å². The third-order valence-electron chi connectivity index (χ3n) is 4.52. The summed E-state index contributed by atoms with van der Waals surface area (Å²) in [7, 11) is 0. The van der Waals surface area contributed by atoms with Gasteiger partial charge in [-0.2, -0.15) is 0 Å². The van der Waals surface area contributed by atoms with Gasteiger partial charge in [0.15, 0.2) is 5.78 Å². The molecule has 0 unspecified atom stereocenters. The first kappa shape index (κ1) is 20.3. The van der Waals surface area contributed by atoms with Gasteiger partial charge in [0, 0.05) is 25.2 Å². The van der Waals surface area contributed by atoms with Crippen LogP contribution in [0, 0.1) is 11.8 Å². The Kier molecular flexibility index (Phi) is 9.97. The summed E-state index contributed by atoms with van der Waals surface area (Å²) < 4.78 is 0. The molecule has 1 N–H and O–H groups in total. The van der Waals surface area contributed by atoms with Crippen molar-refractivity contribution >= 4 is 17.5 Å². The number of hydrogen-bond acceptors (Lipinski definition) is 3. The lowest BCUT2D eigenvalue weighted by Gasteiger charge is -2.16. The first-order chi connectivity index (χ1) is 11.5. The van der Waals surface area contributed by atoms with E-state index in [1.165, 1.54) is 0 Å². The monoisotopic (exact) mass is 334 g/mol. The highest BCUT2D eigenvalue weighted by Crippen LogP contribution is 2.30. The van der Waals surface area contributed by atoms with Crippen LogP contribution in [0.1, 0.15) is 71.1 Å². The van der Waals surface area contributed by atoms with Crippen LogP contribution in [0.2, 0.25) is 0 Å². The van der Waals surface area contributed by atoms with Gasteiger partial charge in [-0.3, -0.25) is 14.4 Å². The second-order valence-electron chi connectivity index (χ2n) is 6.56. The van der Waals surface area contributed by atoms with Gasteiger partial charge >= 0.3 is 5.97 Å². The molecule has 134 valence electrons. The quantitative estimate of drug-likeness (QED) is 0.398. The number of hydrogen-bond donors (Lipinski definition) is 1. The lowest BCUT2D eigenvalue weighted by Crippen LogP contribution is -2.16. The van der Waals surface area contributed by atoms with Crippen LogP contribution in [0.4, 0.5) is 0 Å². The predicted molar refractivity (Wildman–Crippen MR) is 94.8 cm³/mol. The molecule has 4 heteroatoms. The summed E-state index contributed by atoms with van der Waals surface area (Å²) in [6.45, 7) is 2.12. The normalized spacial score (nSPS) is 20.1. The largest absolute Gasteiger partial charge is 0.481 e. The van der Waals surface area contributed by atoms with Gasteiger partial charge in [-0.25, -0.2) is 0 Å². The Morgan fingerprint density at radius 2 is 1.92 bits per heavy atom. The number of allylic oxidation sites excluding steroid dienone is 4. The van der Waals surface area contributed by atoms with Crippen LogP contribution in [0.15, 0.2) is 24.3 Å². The Morgan fingerprint density at radius 3 is 2.62 bits per heavy atom. The lowest BCUT2D eigenvalue weighted by atomic mass is 9.87. The molecule has 0 heterocycles. The molecule has 0 bridgehead atoms. The first-order valence-corrected chi connectivity index (χ1v) is 9.15. The van der Waals surface area contributed by atoms with Crippen LogP contribution in [-0.2, 0) is 14.4 Å². The molecule has 0 spiro atoms. The fourth-order valence-corrected chi connectivity index (χ4v) is 3.03. The molecule has 0 saturated heterocycles. The van der Waals surface area contributed by atoms with Gasteiger partial charge < -0.3 is 5.11 Å². The average molecular weight is 334 g/mol. The number of carboxylic acids is 1. The van der Waals surface area contributed by atoms with Gasteiger partial charge in [-0.05, 0) is 44.1 Å². The number of carboxylic acid groups (broad SMARTS) is 1. The molecule has 1 aliphatic carbocycles. The summed E-state index contributed by atoms with van der Waals surface area (Å²) in [5, 5.41) is 8.58. The minimum Gasteiger partial charge on any atom is -0.481 e. The standard InChI is InChI=1S/C20H30O4/c1-2-3-6-9-17(21)14-12-16-13-15-19(22)18(16)10-7-4-5-8-11-20(23)24/h4,7,13,15-16,18H,2-3,5-6,8-12,14H2,1H3,(H,23,24)/b7-4+/t16-,18+/m0/s1. The van der Waals surface area contributed by atoms with Crippen molar-refractivity contribution in [2.24, 2.45) is 11.8 Å². The van der Waals surface area contributed by atoms with E-state index >= 15 is 0 Å². The van der Waals surface area contributed by atoms with Crippen molar-refractivity contribution in [3.63, 3.8) is 0 Å². The summed E-state index contributed by atoms with van der Waals surface area (Å²) in [5.74, 6) is -0.213. The summed E-state index contributed by atoms with van der Waals surface area (Å²) in [6.07, 6.45) is 14.9. The fraction of sp³-hybridized carbons (Fsp3) is 0.650. The molecule has 0 saturated carbocycles. The number of Topliss-reactive ketones (excluding diaryl/α,β-unsaturated/α-hetero) is 1. The highest BCUT2D eigenvalue weighted by molar-refractivity contribution is 5.94. The van der Waals surface area contributed by atoms with E-state index in [-0.39, 0.29) is 24.0 Å². The van der Waals surface area contributed by atoms with Gasteiger partial charge in [0.05, 0.1) is 0 Å². The molecule has 1 aliphatic rings. The van der Waals surface area contributed by atoms with Crippen molar-refractivity contribution in [3.05, 3.63) is 24.3 Å². The van der Waals surface area contributed by atoms with E-state index in [1.807, 2.05) is 18.2 Å². The van der Waals surface area contributed by atoms with Crippen LogP contribution >= 0.6 is 0 Å². The van der Waals surface area contributed by atoms with E-state index in [0.29, 0.717) is 31.5 Å². The van der Waals surface area contributed by atoms with Crippen molar-refractivity contribution in [2.75, 3.05) is 0 Å². The van der Waals surface area contributed by atoms with E-state index in [9.17, 15) is 14.4 Å². The molecule has 0 aliphatic heterocycles. The summed E-state index contributed by atoms with van der Waals surface area (Å²) >= 11 is 0. The zero-order chi connectivity index (χ0) is 17.8. The van der Waals surface area contributed by atoms with Crippen LogP contribution in [-0.4, -0.2) is 22.6 Å². The molecule has 0 fully saturated rings. The smallest absolute Gasteiger partial charge is 0.303 e. The highest BCUT2D eigenvalue weighted by atomic mass is 16.4. The summed E-state index contributed by atoms with van der Waals surface area (Å²) in [5.41, 5.74) is 0. The predicted octanol–water partition coefficient (Wildman–Crippen LogP) is 4.49. The molecule has 0 aromatic carbocycles. The molecule has 2 atom stereocenters. The van der Waals surface area contributed by atoms with Crippen LogP contribution in [0.3, 0.4) is 0 Å². The van der Waals surface area contributed by atoms with Gasteiger partial charge in [0.2, 0.25) is 0 Å². The molecule has 24 heavy (non-hydrogen) atoms. The average Bonchev–Trinajstić information content (AvgIpc) is 2.89. The van der Waals surface area contributed by atoms with Crippen molar-refractivity contribution < 1.29 is 19.5 Å². The minimum atomic E-state index is -0.776. The molecule has 0 aromatic heterocycles. The van der Waals surface area contributed by atoms with E-state index in [0.717, 1.165) is 32.1 Å². The molecular formula is C20H30O4. The fourth-order valence-electron chi connectivity index (χ4n) is 3.03. The zero-order valence-corrected chi connectivity index (χ0v) is 14.7. The molecule has 4 nitrogen and oxygen atoms in total. The maximum atomic E-state index is 12.0. The van der Waals surface area contributed by atoms with Crippen LogP contribution in [0.5, 0.6) is 0 Å². The third kappa shape index (κ3) is 8.23. The molecular weight excluding hydrogens is 304 g/mol. The lowest BCUT2D eigenvalue weighted by molar-refractivity contribution is -0.137. The van der Waals surface area contributed by atoms with Crippen molar-refractivity contribution in [1.29, 1.82) is 0 Å². The number of carbonyl (C=O) groups excluding carboxylic acids is 2. The number of ketones is 2. The van der Waals surface area contributed by atoms with Crippen molar-refractivity contribution in [2.45, 2.75) is 71.1 Å². The van der Waals surface area contributed by atoms with Crippen LogP contribution in [0.25, 0.3) is 0 Å². The number of aliphatic carboxylic acids is 1. The Labute approximate surface area is 145 Å². The highest BCUT2D eigenvalue weighted by Gasteiger charge is 2.28. The van der Waals surface area contributed by atoms with Gasteiger partial charge in [-0.1, -0.05) is 38.0 Å². The van der Waals surface area contributed by atoms with Crippen LogP contribution < -0.4 is 0 Å². The number of unbranched alkanes of at least 4 members (excludes halogenated alkanes) is 3. The maximum absolute atomic E-state index is 12.0. The molecule has 1 rings (SSSR count). The first-order valence-electron chi connectivity index (χ1n) is 9.15. The van der Waals surface area contributed by atoms with E-state index < -0.39 is 5.97 Å². The number of rotatable bonds is 13. The summed E-state index contributed by atoms with van der Waals surface area (Å²) in [6, 6.07) is 0. The Balaban J connectivity index is 2.29. The van der Waals surface area contributed by atoms with Gasteiger partial charge in [0.1, 0.15) is 5.78 Å². The van der Waals surface area contributed by atoms with E-state index in [2.05, 4.69) is 6.92 Å². The maximum Gasteiger partial charge on any atom is 0.303 e.